The molecule has 2 aromatic heterocycles. The Balaban J connectivity index is 1.68. The molecule has 0 amide bonds. The molecule has 1 atom stereocenters. The number of rotatable bonds is 6. The molecule has 0 saturated heterocycles. The van der Waals surface area contributed by atoms with E-state index < -0.39 is 10.0 Å². The largest absolute Gasteiger partial charge is 0.361 e. The second-order valence-electron chi connectivity index (χ2n) is 7.46. The smallest absolute Gasteiger partial charge is 0.295 e. The lowest BCUT2D eigenvalue weighted by Gasteiger charge is -2.33. The maximum atomic E-state index is 13.2. The van der Waals surface area contributed by atoms with E-state index in [4.69, 9.17) is 16.7 Å². The van der Waals surface area contributed by atoms with E-state index in [2.05, 4.69) is 20.3 Å². The highest BCUT2D eigenvalue weighted by Crippen LogP contribution is 2.36. The Hall–Kier alpha value is -2.56. The van der Waals surface area contributed by atoms with E-state index in [0.717, 1.165) is 24.8 Å². The minimum absolute atomic E-state index is 0.0285. The van der Waals surface area contributed by atoms with Crippen molar-refractivity contribution in [2.45, 2.75) is 43.7 Å². The quantitative estimate of drug-likeness (QED) is 0.553. The monoisotopic (exact) mass is 448 g/mol. The molecule has 1 saturated carbocycles. The summed E-state index contributed by atoms with van der Waals surface area (Å²) in [7, 11) is -3.75. The van der Waals surface area contributed by atoms with Crippen LogP contribution >= 0.6 is 11.6 Å². The summed E-state index contributed by atoms with van der Waals surface area (Å²) >= 11 is 5.97. The van der Waals surface area contributed by atoms with Crippen molar-refractivity contribution in [2.24, 2.45) is 11.1 Å². The maximum absolute atomic E-state index is 13.2. The molecule has 0 radical (unpaired) electrons. The maximum Gasteiger partial charge on any atom is 0.295 e. The van der Waals surface area contributed by atoms with E-state index in [0.29, 0.717) is 17.1 Å². The van der Waals surface area contributed by atoms with Gasteiger partial charge in [0, 0.05) is 12.6 Å². The van der Waals surface area contributed by atoms with Gasteiger partial charge in [0.25, 0.3) is 5.56 Å². The molecule has 0 aliphatic heterocycles. The number of anilines is 1. The molecule has 3 aromatic rings. The molecule has 4 rings (SSSR count). The number of fused-ring (bicyclic) bond motifs is 1. The second kappa shape index (κ2) is 7.93. The van der Waals surface area contributed by atoms with Crippen LogP contribution in [0.4, 0.5) is 5.82 Å². The molecule has 158 valence electrons. The summed E-state index contributed by atoms with van der Waals surface area (Å²) in [5.41, 5.74) is 1.38. The van der Waals surface area contributed by atoms with Gasteiger partial charge in [-0.3, -0.25) is 9.36 Å². The van der Waals surface area contributed by atoms with Crippen LogP contribution in [0.15, 0.2) is 40.2 Å². The van der Waals surface area contributed by atoms with Gasteiger partial charge in [-0.1, -0.05) is 18.6 Å². The first kappa shape index (κ1) is 20.7. The molecule has 9 nitrogen and oxygen atoms in total. The molecule has 3 N–H and O–H groups in total. The summed E-state index contributed by atoms with van der Waals surface area (Å²) in [6.45, 7) is 2.29. The van der Waals surface area contributed by atoms with Crippen molar-refractivity contribution in [3.63, 3.8) is 0 Å². The average molecular weight is 449 g/mol. The van der Waals surface area contributed by atoms with Gasteiger partial charge in [-0.05, 0) is 55.0 Å². The molecular weight excluding hydrogens is 428 g/mol. The second-order valence-corrected chi connectivity index (χ2v) is 9.36. The number of halogens is 1. The highest BCUT2D eigenvalue weighted by atomic mass is 35.5. The molecular formula is C19H21ClN6O3S. The Bertz CT molecular complexity index is 1260. The third-order valence-electron chi connectivity index (χ3n) is 5.55. The van der Waals surface area contributed by atoms with Crippen LogP contribution < -0.4 is 16.0 Å². The summed E-state index contributed by atoms with van der Waals surface area (Å²) < 4.78 is 24.4. The SMILES string of the molecule is C[C@H](C1CCC1)n1c(=O)c(NCc2ccc(S(N)(=O)=O)cc2)nc2cnc(Cl)nc21. The van der Waals surface area contributed by atoms with Crippen molar-refractivity contribution < 1.29 is 8.42 Å². The van der Waals surface area contributed by atoms with E-state index in [1.807, 2.05) is 6.92 Å². The number of hydrogen-bond acceptors (Lipinski definition) is 7. The van der Waals surface area contributed by atoms with Gasteiger partial charge in [0.15, 0.2) is 11.5 Å². The van der Waals surface area contributed by atoms with Gasteiger partial charge in [0.1, 0.15) is 5.52 Å². The Kier molecular flexibility index (Phi) is 5.48. The fourth-order valence-electron chi connectivity index (χ4n) is 3.59. The molecule has 1 fully saturated rings. The molecule has 2 heterocycles. The van der Waals surface area contributed by atoms with E-state index in [-0.39, 0.29) is 34.1 Å². The van der Waals surface area contributed by atoms with E-state index >= 15 is 0 Å². The first-order chi connectivity index (χ1) is 14.2. The van der Waals surface area contributed by atoms with Crippen molar-refractivity contribution in [3.05, 3.63) is 51.7 Å². The van der Waals surface area contributed by atoms with Gasteiger partial charge in [0.2, 0.25) is 15.3 Å². The van der Waals surface area contributed by atoms with Crippen LogP contribution in [0.5, 0.6) is 0 Å². The van der Waals surface area contributed by atoms with Gasteiger partial charge in [-0.2, -0.15) is 4.98 Å². The Labute approximate surface area is 178 Å². The normalized spacial score (nSPS) is 15.7. The summed E-state index contributed by atoms with van der Waals surface area (Å²) in [6.07, 6.45) is 4.78. The van der Waals surface area contributed by atoms with Crippen LogP contribution in [0.2, 0.25) is 5.28 Å². The van der Waals surface area contributed by atoms with Crippen LogP contribution in [-0.4, -0.2) is 27.9 Å². The molecule has 11 heteroatoms. The van der Waals surface area contributed by atoms with E-state index in [9.17, 15) is 13.2 Å². The molecule has 30 heavy (non-hydrogen) atoms. The molecule has 1 aliphatic rings. The minimum Gasteiger partial charge on any atom is -0.361 e. The third kappa shape index (κ3) is 4.03. The highest BCUT2D eigenvalue weighted by Gasteiger charge is 2.28. The Morgan fingerprint density at radius 1 is 1.27 bits per heavy atom. The average Bonchev–Trinajstić information content (AvgIpc) is 2.64. The fourth-order valence-corrected chi connectivity index (χ4v) is 4.23. The number of primary sulfonamides is 1. The number of aromatic nitrogens is 4. The van der Waals surface area contributed by atoms with Crippen molar-refractivity contribution in [1.82, 2.24) is 19.5 Å². The topological polar surface area (TPSA) is 133 Å². The lowest BCUT2D eigenvalue weighted by molar-refractivity contribution is 0.222. The molecule has 1 aromatic carbocycles. The van der Waals surface area contributed by atoms with Crippen molar-refractivity contribution in [2.75, 3.05) is 5.32 Å². The zero-order valence-corrected chi connectivity index (χ0v) is 17.8. The lowest BCUT2D eigenvalue weighted by atomic mass is 9.80. The minimum atomic E-state index is -3.75. The number of benzene rings is 1. The Morgan fingerprint density at radius 3 is 2.57 bits per heavy atom. The summed E-state index contributed by atoms with van der Waals surface area (Å²) in [4.78, 5) is 25.9. The number of hydrogen-bond donors (Lipinski definition) is 2. The van der Waals surface area contributed by atoms with Crippen LogP contribution in [-0.2, 0) is 16.6 Å². The number of nitrogens with two attached hydrogens (primary N) is 1. The zero-order chi connectivity index (χ0) is 21.5. The van der Waals surface area contributed by atoms with Crippen molar-refractivity contribution in [1.29, 1.82) is 0 Å². The van der Waals surface area contributed by atoms with E-state index in [1.165, 1.54) is 18.3 Å². The predicted molar refractivity (Wildman–Crippen MR) is 114 cm³/mol. The first-order valence-electron chi connectivity index (χ1n) is 9.54. The number of sulfonamides is 1. The van der Waals surface area contributed by atoms with Gasteiger partial charge in [-0.15, -0.1) is 0 Å². The van der Waals surface area contributed by atoms with Crippen LogP contribution in [0, 0.1) is 5.92 Å². The lowest BCUT2D eigenvalue weighted by Crippen LogP contribution is -2.33. The van der Waals surface area contributed by atoms with Crippen LogP contribution in [0.1, 0.15) is 37.8 Å². The summed E-state index contributed by atoms with van der Waals surface area (Å²) in [5.74, 6) is 0.579. The van der Waals surface area contributed by atoms with Crippen molar-refractivity contribution >= 4 is 38.6 Å². The number of nitrogens with one attached hydrogen (secondary N) is 1. The van der Waals surface area contributed by atoms with Gasteiger partial charge in [0.05, 0.1) is 11.1 Å². The molecule has 0 bridgehead atoms. The highest BCUT2D eigenvalue weighted by molar-refractivity contribution is 7.89. The predicted octanol–water partition coefficient (Wildman–Crippen LogP) is 2.46. The van der Waals surface area contributed by atoms with Crippen LogP contribution in [0.25, 0.3) is 11.2 Å². The number of nitrogens with zero attached hydrogens (tertiary/aromatic N) is 4. The van der Waals surface area contributed by atoms with Gasteiger partial charge < -0.3 is 5.32 Å². The van der Waals surface area contributed by atoms with Gasteiger partial charge in [-0.25, -0.2) is 23.5 Å². The first-order valence-corrected chi connectivity index (χ1v) is 11.5. The summed E-state index contributed by atoms with van der Waals surface area (Å²) in [5, 5.41) is 8.24. The molecule has 1 aliphatic carbocycles. The standard InChI is InChI=1S/C19H21ClN6O3S/c1-11(13-3-2-4-13)26-17-15(10-23-19(20)25-17)24-16(18(26)27)22-9-12-5-7-14(8-6-12)30(21,28)29/h5-8,10-11,13H,2-4,9H2,1H3,(H,22,24)(H2,21,28,29)/t11-/m1/s1. The fraction of sp³-hybridized carbons (Fsp3) is 0.368. The molecule has 0 unspecified atom stereocenters. The summed E-state index contributed by atoms with van der Waals surface area (Å²) in [6, 6.07) is 6.07. The van der Waals surface area contributed by atoms with Crippen LogP contribution in [0.3, 0.4) is 0 Å². The van der Waals surface area contributed by atoms with Gasteiger partial charge >= 0.3 is 0 Å². The van der Waals surface area contributed by atoms with E-state index in [1.54, 1.807) is 16.7 Å². The van der Waals surface area contributed by atoms with Crippen molar-refractivity contribution in [3.8, 4) is 0 Å². The molecule has 0 spiro atoms. The Morgan fingerprint density at radius 2 is 1.97 bits per heavy atom. The zero-order valence-electron chi connectivity index (χ0n) is 16.2. The third-order valence-corrected chi connectivity index (χ3v) is 6.66.